The molecule has 2 amide bonds. The number of rotatable bonds is 4. The van der Waals surface area contributed by atoms with E-state index in [0.29, 0.717) is 36.5 Å². The minimum Gasteiger partial charge on any atom is -0.497 e. The topological polar surface area (TPSA) is 87.3 Å². The number of carbonyl (C=O) groups excluding carboxylic acids is 1. The molecular weight excluding hydrogens is 448 g/mol. The molecule has 4 rings (SSSR count). The first-order chi connectivity index (χ1) is 14.5. The second kappa shape index (κ2) is 8.71. The van der Waals surface area contributed by atoms with Gasteiger partial charge in [0.25, 0.3) is 5.56 Å². The summed E-state index contributed by atoms with van der Waals surface area (Å²) in [6, 6.07) is 14.8. The summed E-state index contributed by atoms with van der Waals surface area (Å²) in [7, 11) is 1.62. The molecule has 0 unspecified atom stereocenters. The van der Waals surface area contributed by atoms with Gasteiger partial charge in [0, 0.05) is 23.9 Å². The van der Waals surface area contributed by atoms with Crippen LogP contribution in [0.15, 0.2) is 57.8 Å². The Morgan fingerprint density at radius 3 is 2.73 bits per heavy atom. The average molecular weight is 469 g/mol. The maximum absolute atomic E-state index is 12.7. The highest BCUT2D eigenvalue weighted by atomic mass is 79.9. The number of ether oxygens (including phenoxy) is 1. The summed E-state index contributed by atoms with van der Waals surface area (Å²) in [5.74, 6) is 1.40. The van der Waals surface area contributed by atoms with Gasteiger partial charge < -0.3 is 19.9 Å². The Balaban J connectivity index is 1.48. The second-order valence-corrected chi connectivity index (χ2v) is 7.90. The second-order valence-electron chi connectivity index (χ2n) is 7.04. The summed E-state index contributed by atoms with van der Waals surface area (Å²) in [6.07, 6.45) is 1.07. The van der Waals surface area contributed by atoms with Crippen LogP contribution in [0.25, 0.3) is 0 Å². The summed E-state index contributed by atoms with van der Waals surface area (Å²) in [5.41, 5.74) is 2.83. The lowest BCUT2D eigenvalue weighted by molar-refractivity contribution is 0.205. The lowest BCUT2D eigenvalue weighted by Gasteiger charge is -2.28. The van der Waals surface area contributed by atoms with Gasteiger partial charge in [-0.25, -0.2) is 9.78 Å². The molecule has 3 aromatic rings. The third kappa shape index (κ3) is 4.38. The molecule has 7 nitrogen and oxygen atoms in total. The smallest absolute Gasteiger partial charge is 0.322 e. The number of benzene rings is 2. The molecule has 0 bridgehead atoms. The van der Waals surface area contributed by atoms with Crippen LogP contribution < -0.4 is 15.6 Å². The summed E-state index contributed by atoms with van der Waals surface area (Å²) in [5, 5.41) is 2.88. The molecular formula is C22H21BrN4O3. The van der Waals surface area contributed by atoms with Crippen molar-refractivity contribution < 1.29 is 9.53 Å². The number of methoxy groups -OCH3 is 1. The largest absolute Gasteiger partial charge is 0.497 e. The molecule has 2 N–H and O–H groups in total. The molecule has 0 spiro atoms. The third-order valence-corrected chi connectivity index (χ3v) is 5.74. The van der Waals surface area contributed by atoms with Crippen molar-refractivity contribution in [1.29, 1.82) is 0 Å². The van der Waals surface area contributed by atoms with Gasteiger partial charge in [0.15, 0.2) is 0 Å². The fraction of sp³-hybridized carbons (Fsp3) is 0.227. The molecule has 154 valence electrons. The van der Waals surface area contributed by atoms with Crippen molar-refractivity contribution in [2.75, 3.05) is 19.0 Å². The quantitative estimate of drug-likeness (QED) is 0.610. The van der Waals surface area contributed by atoms with Crippen LogP contribution in [-0.4, -0.2) is 34.6 Å². The van der Waals surface area contributed by atoms with E-state index in [9.17, 15) is 9.59 Å². The highest BCUT2D eigenvalue weighted by Gasteiger charge is 2.25. The molecule has 1 aromatic heterocycles. The minimum atomic E-state index is -0.241. The van der Waals surface area contributed by atoms with Crippen LogP contribution in [0.1, 0.15) is 22.6 Å². The van der Waals surface area contributed by atoms with Crippen LogP contribution >= 0.6 is 15.9 Å². The van der Waals surface area contributed by atoms with Crippen molar-refractivity contribution in [3.05, 3.63) is 86.0 Å². The maximum atomic E-state index is 12.7. The van der Waals surface area contributed by atoms with E-state index >= 15 is 0 Å². The van der Waals surface area contributed by atoms with E-state index in [1.165, 1.54) is 0 Å². The van der Waals surface area contributed by atoms with Gasteiger partial charge in [0.2, 0.25) is 0 Å². The van der Waals surface area contributed by atoms with E-state index in [1.54, 1.807) is 12.0 Å². The molecule has 0 aliphatic carbocycles. The first-order valence-corrected chi connectivity index (χ1v) is 10.4. The molecule has 2 heterocycles. The van der Waals surface area contributed by atoms with Gasteiger partial charge in [-0.3, -0.25) is 4.79 Å². The van der Waals surface area contributed by atoms with Crippen molar-refractivity contribution in [2.24, 2.45) is 0 Å². The summed E-state index contributed by atoms with van der Waals surface area (Å²) < 4.78 is 5.98. The first-order valence-electron chi connectivity index (χ1n) is 9.58. The molecule has 0 saturated carbocycles. The molecule has 1 aliphatic rings. The van der Waals surface area contributed by atoms with Gasteiger partial charge in [-0.2, -0.15) is 0 Å². The number of para-hydroxylation sites is 1. The highest BCUT2D eigenvalue weighted by Crippen LogP contribution is 2.23. The van der Waals surface area contributed by atoms with E-state index in [4.69, 9.17) is 4.74 Å². The fourth-order valence-corrected chi connectivity index (χ4v) is 3.81. The molecule has 0 saturated heterocycles. The number of hydrogen-bond acceptors (Lipinski definition) is 4. The van der Waals surface area contributed by atoms with Crippen LogP contribution in [0.5, 0.6) is 5.75 Å². The monoisotopic (exact) mass is 468 g/mol. The number of urea groups is 1. The lowest BCUT2D eigenvalue weighted by Crippen LogP contribution is -2.42. The summed E-state index contributed by atoms with van der Waals surface area (Å²) in [6.45, 7) is 0.735. The first kappa shape index (κ1) is 20.2. The number of nitrogens with zero attached hydrogens (tertiary/aromatic N) is 2. The zero-order valence-electron chi connectivity index (χ0n) is 16.4. The van der Waals surface area contributed by atoms with Crippen molar-refractivity contribution in [2.45, 2.75) is 19.4 Å². The maximum Gasteiger partial charge on any atom is 0.322 e. The van der Waals surface area contributed by atoms with Crippen molar-refractivity contribution in [1.82, 2.24) is 14.9 Å². The van der Waals surface area contributed by atoms with Crippen molar-refractivity contribution in [3.63, 3.8) is 0 Å². The van der Waals surface area contributed by atoms with Gasteiger partial charge in [0.05, 0.1) is 30.6 Å². The number of nitrogens with one attached hydrogen (secondary N) is 2. The molecule has 8 heteroatoms. The number of aromatic amines is 1. The van der Waals surface area contributed by atoms with Crippen LogP contribution in [0.3, 0.4) is 0 Å². The van der Waals surface area contributed by atoms with E-state index < -0.39 is 0 Å². The fourth-order valence-electron chi connectivity index (χ4n) is 3.43. The minimum absolute atomic E-state index is 0.193. The predicted octanol–water partition coefficient (Wildman–Crippen LogP) is 3.72. The van der Waals surface area contributed by atoms with Gasteiger partial charge in [-0.05, 0) is 45.8 Å². The third-order valence-electron chi connectivity index (χ3n) is 5.05. The Morgan fingerprint density at radius 1 is 1.23 bits per heavy atom. The van der Waals surface area contributed by atoms with Gasteiger partial charge in [0.1, 0.15) is 11.6 Å². The zero-order valence-corrected chi connectivity index (χ0v) is 18.0. The van der Waals surface area contributed by atoms with Crippen LogP contribution in [0.2, 0.25) is 0 Å². The Hall–Kier alpha value is -3.13. The summed E-state index contributed by atoms with van der Waals surface area (Å²) >= 11 is 3.42. The van der Waals surface area contributed by atoms with E-state index in [0.717, 1.165) is 21.5 Å². The van der Waals surface area contributed by atoms with E-state index in [-0.39, 0.29) is 18.1 Å². The normalized spacial score (nSPS) is 12.9. The van der Waals surface area contributed by atoms with E-state index in [2.05, 4.69) is 31.2 Å². The highest BCUT2D eigenvalue weighted by molar-refractivity contribution is 9.10. The number of H-pyrrole nitrogens is 1. The number of hydrogen-bond donors (Lipinski definition) is 2. The molecule has 2 aromatic carbocycles. The predicted molar refractivity (Wildman–Crippen MR) is 118 cm³/mol. The Bertz CT molecular complexity index is 1130. The Kier molecular flexibility index (Phi) is 5.85. The number of anilines is 1. The number of amides is 2. The SMILES string of the molecule is COc1ccc(Cc2nc3c(c(=O)[nH]2)CN(C(=O)Nc2ccccc2Br)CC3)cc1. The zero-order chi connectivity index (χ0) is 21.1. The number of aromatic nitrogens is 2. The lowest BCUT2D eigenvalue weighted by atomic mass is 10.1. The number of fused-ring (bicyclic) bond motifs is 1. The summed E-state index contributed by atoms with van der Waals surface area (Å²) in [4.78, 5) is 34.5. The standard InChI is InChI=1S/C22H21BrN4O3/c1-30-15-8-6-14(7-9-15)12-20-24-18-10-11-27(13-16(18)21(28)26-20)22(29)25-19-5-3-2-4-17(19)23/h2-9H,10-13H2,1H3,(H,25,29)(H,24,26,28). The van der Waals surface area contributed by atoms with E-state index in [1.807, 2.05) is 48.5 Å². The van der Waals surface area contributed by atoms with Gasteiger partial charge >= 0.3 is 6.03 Å². The molecule has 0 radical (unpaired) electrons. The number of halogens is 1. The molecule has 1 aliphatic heterocycles. The van der Waals surface area contributed by atoms with Gasteiger partial charge in [-0.15, -0.1) is 0 Å². The van der Waals surface area contributed by atoms with Crippen LogP contribution in [0, 0.1) is 0 Å². The Labute approximate surface area is 182 Å². The van der Waals surface area contributed by atoms with Crippen LogP contribution in [-0.2, 0) is 19.4 Å². The van der Waals surface area contributed by atoms with Crippen molar-refractivity contribution >= 4 is 27.6 Å². The Morgan fingerprint density at radius 2 is 2.00 bits per heavy atom. The molecule has 30 heavy (non-hydrogen) atoms. The van der Waals surface area contributed by atoms with Gasteiger partial charge in [-0.1, -0.05) is 24.3 Å². The average Bonchev–Trinajstić information content (AvgIpc) is 2.75. The van der Waals surface area contributed by atoms with Crippen LogP contribution in [0.4, 0.5) is 10.5 Å². The number of carbonyl (C=O) groups is 1. The molecule has 0 fully saturated rings. The molecule has 0 atom stereocenters. The van der Waals surface area contributed by atoms with Crippen molar-refractivity contribution in [3.8, 4) is 5.75 Å².